The summed E-state index contributed by atoms with van der Waals surface area (Å²) in [7, 11) is 0. The Balaban J connectivity index is 1.83. The summed E-state index contributed by atoms with van der Waals surface area (Å²) in [6, 6.07) is 20.3. The van der Waals surface area contributed by atoms with Crippen LogP contribution in [0.1, 0.15) is 37.3 Å². The Morgan fingerprint density at radius 1 is 0.944 bits per heavy atom. The summed E-state index contributed by atoms with van der Waals surface area (Å²) in [5, 5.41) is 30.5. The van der Waals surface area contributed by atoms with Gasteiger partial charge < -0.3 is 24.8 Å². The molecule has 0 aromatic heterocycles. The summed E-state index contributed by atoms with van der Waals surface area (Å²) in [4.78, 5) is 35.2. The van der Waals surface area contributed by atoms with E-state index in [1.807, 2.05) is 49.4 Å². The average molecular weight is 496 g/mol. The molecule has 3 rings (SSSR count). The number of fused-ring (bicyclic) bond motifs is 1. The van der Waals surface area contributed by atoms with Gasteiger partial charge in [-0.05, 0) is 36.8 Å². The van der Waals surface area contributed by atoms with Crippen LogP contribution in [0.5, 0.6) is 5.75 Å². The number of carbonyl (C=O) groups excluding carboxylic acids is 1. The van der Waals surface area contributed by atoms with Crippen LogP contribution in [-0.2, 0) is 24.8 Å². The number of aliphatic carboxylic acids is 2. The van der Waals surface area contributed by atoms with Crippen LogP contribution in [-0.4, -0.2) is 44.9 Å². The monoisotopic (exact) mass is 495 g/mol. The maximum atomic E-state index is 12.7. The topological polar surface area (TPSA) is 156 Å². The number of aryl methyl sites for hydroxylation is 1. The Morgan fingerprint density at radius 3 is 2.19 bits per heavy atom. The maximum Gasteiger partial charge on any atom is 0.336 e. The second kappa shape index (κ2) is 10.8. The first-order chi connectivity index (χ1) is 16.9. The van der Waals surface area contributed by atoms with Gasteiger partial charge in [0.15, 0.2) is 11.3 Å². The molecule has 9 heteroatoms. The first-order valence-corrected chi connectivity index (χ1v) is 11.3. The van der Waals surface area contributed by atoms with E-state index in [0.717, 1.165) is 16.3 Å². The average Bonchev–Trinajstić information content (AvgIpc) is 2.78. The molecular weight excluding hydrogens is 466 g/mol. The first-order valence-electron chi connectivity index (χ1n) is 11.3. The van der Waals surface area contributed by atoms with Crippen molar-refractivity contribution >= 4 is 28.7 Å². The number of carboxylic acid groups (broad SMARTS) is 2. The van der Waals surface area contributed by atoms with Crippen LogP contribution < -0.4 is 10.5 Å². The van der Waals surface area contributed by atoms with Gasteiger partial charge in [0.25, 0.3) is 0 Å². The van der Waals surface area contributed by atoms with Gasteiger partial charge in [0.2, 0.25) is 0 Å². The van der Waals surface area contributed by atoms with E-state index in [4.69, 9.17) is 20.3 Å². The van der Waals surface area contributed by atoms with E-state index in [1.165, 1.54) is 0 Å². The van der Waals surface area contributed by atoms with Crippen LogP contribution >= 0.6 is 0 Å². The molecule has 3 aromatic carbocycles. The number of hydrogen-bond donors (Lipinski definition) is 4. The number of carboxylic acids is 2. The van der Waals surface area contributed by atoms with Crippen molar-refractivity contribution < 1.29 is 39.2 Å². The molecule has 3 aromatic rings. The smallest absolute Gasteiger partial charge is 0.336 e. The second-order valence-electron chi connectivity index (χ2n) is 8.96. The number of aliphatic hydroxyl groups is 1. The molecule has 36 heavy (non-hydrogen) atoms. The number of benzene rings is 3. The van der Waals surface area contributed by atoms with E-state index in [0.29, 0.717) is 11.3 Å². The Morgan fingerprint density at radius 2 is 1.58 bits per heavy atom. The van der Waals surface area contributed by atoms with Gasteiger partial charge in [-0.2, -0.15) is 0 Å². The van der Waals surface area contributed by atoms with Gasteiger partial charge >= 0.3 is 17.9 Å². The molecule has 190 valence electrons. The third-order valence-electron chi connectivity index (χ3n) is 5.76. The van der Waals surface area contributed by atoms with E-state index < -0.39 is 48.2 Å². The highest BCUT2D eigenvalue weighted by Crippen LogP contribution is 2.30. The van der Waals surface area contributed by atoms with Crippen LogP contribution in [0.2, 0.25) is 0 Å². The largest absolute Gasteiger partial charge is 0.490 e. The minimum absolute atomic E-state index is 0.0148. The summed E-state index contributed by atoms with van der Waals surface area (Å²) in [5.41, 5.74) is 3.32. The molecule has 0 amide bonds. The highest BCUT2D eigenvalue weighted by atomic mass is 16.6. The molecule has 0 saturated heterocycles. The predicted octanol–water partition coefficient (Wildman–Crippen LogP) is 3.34. The number of hydrogen-bond acceptors (Lipinski definition) is 7. The summed E-state index contributed by atoms with van der Waals surface area (Å²) in [5.74, 6) is -4.02. The number of esters is 1. The quantitative estimate of drug-likeness (QED) is 0.231. The van der Waals surface area contributed by atoms with Crippen molar-refractivity contribution in [2.24, 2.45) is 5.73 Å². The molecule has 0 aliphatic heterocycles. The first kappa shape index (κ1) is 26.7. The van der Waals surface area contributed by atoms with Crippen molar-refractivity contribution in [3.05, 3.63) is 77.9 Å². The molecule has 0 spiro atoms. The van der Waals surface area contributed by atoms with Crippen molar-refractivity contribution in [1.82, 2.24) is 0 Å². The number of ether oxygens (including phenoxy) is 2. The van der Waals surface area contributed by atoms with Gasteiger partial charge in [-0.1, -0.05) is 60.2 Å². The van der Waals surface area contributed by atoms with Crippen molar-refractivity contribution in [3.63, 3.8) is 0 Å². The molecule has 0 radical (unpaired) electrons. The van der Waals surface area contributed by atoms with Crippen LogP contribution in [0, 0.1) is 6.92 Å². The van der Waals surface area contributed by atoms with Gasteiger partial charge in [-0.25, -0.2) is 4.79 Å². The van der Waals surface area contributed by atoms with Crippen molar-refractivity contribution in [2.75, 3.05) is 0 Å². The summed E-state index contributed by atoms with van der Waals surface area (Å²) >= 11 is 0. The fourth-order valence-electron chi connectivity index (χ4n) is 3.94. The Kier molecular flexibility index (Phi) is 7.96. The molecule has 5 N–H and O–H groups in total. The maximum absolute atomic E-state index is 12.7. The molecule has 0 bridgehead atoms. The lowest BCUT2D eigenvalue weighted by molar-refractivity contribution is -0.179. The molecule has 3 atom stereocenters. The van der Waals surface area contributed by atoms with Crippen LogP contribution in [0.4, 0.5) is 0 Å². The summed E-state index contributed by atoms with van der Waals surface area (Å²) in [6.45, 7) is 3.62. The van der Waals surface area contributed by atoms with Gasteiger partial charge in [0.05, 0.1) is 12.8 Å². The Bertz CT molecular complexity index is 1260. The molecule has 0 fully saturated rings. The van der Waals surface area contributed by atoms with Crippen LogP contribution in [0.15, 0.2) is 66.7 Å². The van der Waals surface area contributed by atoms with E-state index in [1.54, 1.807) is 31.2 Å². The molecule has 9 nitrogen and oxygen atoms in total. The lowest BCUT2D eigenvalue weighted by Crippen LogP contribution is -2.48. The fraction of sp³-hybridized carbons (Fsp3) is 0.296. The zero-order valence-electron chi connectivity index (χ0n) is 20.0. The standard InChI is InChI=1S/C27H29NO8/c1-17-7-10-21(11-8-17)27(28,36-24(31)16-26(34,25(32)33)15-23(29)30)14-18(2)35-22-12-9-19-5-3-4-6-20(19)13-22/h3-13,18,34H,14-16,28H2,1-2H3,(H,29,30)(H,32,33). The second-order valence-corrected chi connectivity index (χ2v) is 8.96. The lowest BCUT2D eigenvalue weighted by Gasteiger charge is -2.33. The van der Waals surface area contributed by atoms with E-state index >= 15 is 0 Å². The number of carbonyl (C=O) groups is 3. The highest BCUT2D eigenvalue weighted by molar-refractivity contribution is 5.88. The van der Waals surface area contributed by atoms with E-state index in [2.05, 4.69) is 0 Å². The van der Waals surface area contributed by atoms with Crippen molar-refractivity contribution in [3.8, 4) is 5.75 Å². The van der Waals surface area contributed by atoms with Crippen LogP contribution in [0.25, 0.3) is 10.8 Å². The lowest BCUT2D eigenvalue weighted by atomic mass is 9.94. The zero-order chi connectivity index (χ0) is 26.5. The molecule has 0 aliphatic rings. The van der Waals surface area contributed by atoms with Crippen LogP contribution in [0.3, 0.4) is 0 Å². The molecular formula is C27H29NO8. The van der Waals surface area contributed by atoms with E-state index in [-0.39, 0.29) is 6.42 Å². The SMILES string of the molecule is Cc1ccc(C(N)(CC(C)Oc2ccc3ccccc3c2)OC(=O)CC(O)(CC(=O)O)C(=O)O)cc1. The highest BCUT2D eigenvalue weighted by Gasteiger charge is 2.44. The summed E-state index contributed by atoms with van der Waals surface area (Å²) < 4.78 is 11.6. The van der Waals surface area contributed by atoms with Gasteiger partial charge in [-0.3, -0.25) is 15.3 Å². The third-order valence-corrected chi connectivity index (χ3v) is 5.76. The normalized spacial score (nSPS) is 15.3. The van der Waals surface area contributed by atoms with Crippen molar-refractivity contribution in [2.45, 2.75) is 50.5 Å². The number of rotatable bonds is 11. The van der Waals surface area contributed by atoms with Gasteiger partial charge in [0, 0.05) is 12.0 Å². The molecule has 0 saturated carbocycles. The minimum Gasteiger partial charge on any atom is -0.490 e. The molecule has 0 heterocycles. The fourth-order valence-corrected chi connectivity index (χ4v) is 3.94. The van der Waals surface area contributed by atoms with E-state index in [9.17, 15) is 24.6 Å². The molecule has 3 unspecified atom stereocenters. The van der Waals surface area contributed by atoms with Crippen molar-refractivity contribution in [1.29, 1.82) is 0 Å². The van der Waals surface area contributed by atoms with Gasteiger partial charge in [-0.15, -0.1) is 0 Å². The Hall–Kier alpha value is -3.95. The predicted molar refractivity (Wildman–Crippen MR) is 131 cm³/mol. The third kappa shape index (κ3) is 6.59. The summed E-state index contributed by atoms with van der Waals surface area (Å²) in [6.07, 6.45) is -2.85. The number of nitrogens with two attached hydrogens (primary N) is 1. The minimum atomic E-state index is -2.84. The zero-order valence-corrected chi connectivity index (χ0v) is 20.0. The van der Waals surface area contributed by atoms with Gasteiger partial charge in [0.1, 0.15) is 11.9 Å². The molecule has 0 aliphatic carbocycles. The Labute approximate surface area is 208 Å².